The van der Waals surface area contributed by atoms with Crippen molar-refractivity contribution in [3.8, 4) is 0 Å². The van der Waals surface area contributed by atoms with Crippen molar-refractivity contribution in [3.63, 3.8) is 0 Å². The van der Waals surface area contributed by atoms with Crippen LogP contribution in [0.15, 0.2) is 0 Å². The van der Waals surface area contributed by atoms with Crippen molar-refractivity contribution >= 4 is 0 Å². The van der Waals surface area contributed by atoms with Crippen LogP contribution in [-0.4, -0.2) is 19.3 Å². The normalized spacial score (nSPS) is 14.4. The van der Waals surface area contributed by atoms with Crippen molar-refractivity contribution < 1.29 is 13.2 Å². The van der Waals surface area contributed by atoms with Crippen molar-refractivity contribution in [1.29, 1.82) is 0 Å². The van der Waals surface area contributed by atoms with Gasteiger partial charge in [0.05, 0.1) is 0 Å². The number of alkyl halides is 3. The maximum Gasteiger partial charge on any atom is 0.403 e. The topological polar surface area (TPSA) is 12.0 Å². The smallest absolute Gasteiger partial charge is 0.309 e. The van der Waals surface area contributed by atoms with E-state index in [2.05, 4.69) is 12.2 Å². The Balaban J connectivity index is 3.54. The molecule has 0 aromatic rings. The first-order valence-electron chi connectivity index (χ1n) is 5.26. The summed E-state index contributed by atoms with van der Waals surface area (Å²) < 4.78 is 36.7. The molecule has 0 saturated heterocycles. The summed E-state index contributed by atoms with van der Waals surface area (Å²) in [6, 6.07) is -1.33. The molecule has 1 unspecified atom stereocenters. The minimum absolute atomic E-state index is 0.198. The van der Waals surface area contributed by atoms with Gasteiger partial charge in [-0.1, -0.05) is 39.0 Å². The van der Waals surface area contributed by atoms with Crippen molar-refractivity contribution in [1.82, 2.24) is 5.32 Å². The van der Waals surface area contributed by atoms with Gasteiger partial charge >= 0.3 is 6.18 Å². The maximum atomic E-state index is 12.2. The van der Waals surface area contributed by atoms with E-state index in [0.717, 1.165) is 25.7 Å². The molecule has 0 saturated carbocycles. The first-order valence-corrected chi connectivity index (χ1v) is 5.26. The van der Waals surface area contributed by atoms with Crippen LogP contribution in [0.3, 0.4) is 0 Å². The quantitative estimate of drug-likeness (QED) is 0.635. The van der Waals surface area contributed by atoms with Gasteiger partial charge in [-0.3, -0.25) is 0 Å². The predicted molar refractivity (Wildman–Crippen MR) is 52.3 cm³/mol. The molecular weight excluding hydrogens is 191 g/mol. The molecule has 0 aliphatic carbocycles. The van der Waals surface area contributed by atoms with Crippen molar-refractivity contribution in [2.24, 2.45) is 0 Å². The fourth-order valence-corrected chi connectivity index (χ4v) is 1.42. The summed E-state index contributed by atoms with van der Waals surface area (Å²) in [5.41, 5.74) is 0. The molecule has 4 heteroatoms. The second kappa shape index (κ2) is 7.10. The third-order valence-corrected chi connectivity index (χ3v) is 2.34. The zero-order valence-corrected chi connectivity index (χ0v) is 8.95. The summed E-state index contributed by atoms with van der Waals surface area (Å²) in [4.78, 5) is 0. The fraction of sp³-hybridized carbons (Fsp3) is 1.00. The minimum Gasteiger partial charge on any atom is -0.309 e. The third kappa shape index (κ3) is 6.24. The molecule has 1 N–H and O–H groups in total. The molecule has 86 valence electrons. The zero-order chi connectivity index (χ0) is 11.0. The minimum atomic E-state index is -4.10. The second-order valence-electron chi connectivity index (χ2n) is 3.59. The van der Waals surface area contributed by atoms with E-state index in [9.17, 15) is 13.2 Å². The summed E-state index contributed by atoms with van der Waals surface area (Å²) >= 11 is 0. The van der Waals surface area contributed by atoms with E-state index >= 15 is 0 Å². The van der Waals surface area contributed by atoms with Crippen LogP contribution < -0.4 is 5.32 Å². The predicted octanol–water partition coefficient (Wildman–Crippen LogP) is 3.50. The molecule has 1 atom stereocenters. The Bertz CT molecular complexity index is 134. The number of hydrogen-bond donors (Lipinski definition) is 1. The van der Waals surface area contributed by atoms with E-state index in [-0.39, 0.29) is 6.42 Å². The Morgan fingerprint density at radius 1 is 1.07 bits per heavy atom. The molecule has 0 aliphatic heterocycles. The SMILES string of the molecule is CCCCCCCC(NC)C(F)(F)F. The molecule has 0 amide bonds. The van der Waals surface area contributed by atoms with Crippen LogP contribution in [0.4, 0.5) is 13.2 Å². The zero-order valence-electron chi connectivity index (χ0n) is 8.95. The van der Waals surface area contributed by atoms with Crippen LogP contribution in [0.1, 0.15) is 45.4 Å². The van der Waals surface area contributed by atoms with Gasteiger partial charge in [0.2, 0.25) is 0 Å². The highest BCUT2D eigenvalue weighted by molar-refractivity contribution is 4.72. The summed E-state index contributed by atoms with van der Waals surface area (Å²) in [6.45, 7) is 2.09. The average Bonchev–Trinajstić information content (AvgIpc) is 2.09. The van der Waals surface area contributed by atoms with Crippen molar-refractivity contribution in [2.75, 3.05) is 7.05 Å². The molecule has 0 aromatic carbocycles. The first kappa shape index (κ1) is 13.8. The lowest BCUT2D eigenvalue weighted by molar-refractivity contribution is -0.156. The average molecular weight is 211 g/mol. The Hall–Kier alpha value is -0.250. The maximum absolute atomic E-state index is 12.2. The molecule has 1 nitrogen and oxygen atoms in total. The van der Waals surface area contributed by atoms with Crippen LogP contribution in [0.25, 0.3) is 0 Å². The molecule has 0 fully saturated rings. The van der Waals surface area contributed by atoms with Gasteiger partial charge < -0.3 is 5.32 Å². The van der Waals surface area contributed by atoms with Crippen LogP contribution >= 0.6 is 0 Å². The van der Waals surface area contributed by atoms with Crippen LogP contribution in [0.5, 0.6) is 0 Å². The van der Waals surface area contributed by atoms with E-state index in [4.69, 9.17) is 0 Å². The number of unbranched alkanes of at least 4 members (excludes halogenated alkanes) is 4. The van der Waals surface area contributed by atoms with Crippen molar-refractivity contribution in [3.05, 3.63) is 0 Å². The Labute approximate surface area is 84.1 Å². The van der Waals surface area contributed by atoms with Gasteiger partial charge in [0.1, 0.15) is 6.04 Å². The standard InChI is InChI=1S/C10H20F3N/c1-3-4-5-6-7-8-9(14-2)10(11,12)13/h9,14H,3-8H2,1-2H3. The highest BCUT2D eigenvalue weighted by Gasteiger charge is 2.37. The van der Waals surface area contributed by atoms with Crippen molar-refractivity contribution in [2.45, 2.75) is 57.7 Å². The molecular formula is C10H20F3N. The molecule has 0 bridgehead atoms. The van der Waals surface area contributed by atoms with E-state index in [1.54, 1.807) is 0 Å². The number of halogens is 3. The first-order chi connectivity index (χ1) is 6.52. The summed E-state index contributed by atoms with van der Waals surface area (Å²) in [5, 5.41) is 2.31. The second-order valence-corrected chi connectivity index (χ2v) is 3.59. The molecule has 14 heavy (non-hydrogen) atoms. The number of hydrogen-bond acceptors (Lipinski definition) is 1. The lowest BCUT2D eigenvalue weighted by Gasteiger charge is -2.19. The van der Waals surface area contributed by atoms with Gasteiger partial charge in [-0.25, -0.2) is 0 Å². The summed E-state index contributed by atoms with van der Waals surface area (Å²) in [5.74, 6) is 0. The monoisotopic (exact) mass is 211 g/mol. The summed E-state index contributed by atoms with van der Waals surface area (Å²) in [6.07, 6.45) is 0.950. The van der Waals surface area contributed by atoms with Gasteiger partial charge in [-0.2, -0.15) is 13.2 Å². The number of nitrogens with one attached hydrogen (secondary N) is 1. The van der Waals surface area contributed by atoms with Gasteiger partial charge in [0, 0.05) is 0 Å². The highest BCUT2D eigenvalue weighted by Crippen LogP contribution is 2.23. The van der Waals surface area contributed by atoms with Crippen LogP contribution in [0, 0.1) is 0 Å². The molecule has 0 rings (SSSR count). The Morgan fingerprint density at radius 2 is 1.64 bits per heavy atom. The lowest BCUT2D eigenvalue weighted by atomic mass is 10.1. The third-order valence-electron chi connectivity index (χ3n) is 2.34. The van der Waals surface area contributed by atoms with Gasteiger partial charge in [-0.05, 0) is 13.5 Å². The van der Waals surface area contributed by atoms with Gasteiger partial charge in [0.25, 0.3) is 0 Å². The van der Waals surface area contributed by atoms with E-state index in [0.29, 0.717) is 6.42 Å². The van der Waals surface area contributed by atoms with Crippen LogP contribution in [0.2, 0.25) is 0 Å². The lowest BCUT2D eigenvalue weighted by Crippen LogP contribution is -2.39. The van der Waals surface area contributed by atoms with E-state index in [1.165, 1.54) is 7.05 Å². The van der Waals surface area contributed by atoms with Crippen LogP contribution in [-0.2, 0) is 0 Å². The molecule has 0 aliphatic rings. The largest absolute Gasteiger partial charge is 0.403 e. The van der Waals surface area contributed by atoms with E-state index < -0.39 is 12.2 Å². The Kier molecular flexibility index (Phi) is 6.97. The fourth-order valence-electron chi connectivity index (χ4n) is 1.42. The summed E-state index contributed by atoms with van der Waals surface area (Å²) in [7, 11) is 1.37. The number of rotatable bonds is 7. The Morgan fingerprint density at radius 3 is 2.07 bits per heavy atom. The highest BCUT2D eigenvalue weighted by atomic mass is 19.4. The molecule has 0 spiro atoms. The van der Waals surface area contributed by atoms with Gasteiger partial charge in [0.15, 0.2) is 0 Å². The molecule has 0 radical (unpaired) electrons. The van der Waals surface area contributed by atoms with Gasteiger partial charge in [-0.15, -0.1) is 0 Å². The van der Waals surface area contributed by atoms with E-state index in [1.807, 2.05) is 0 Å². The molecule has 0 aromatic heterocycles. The molecule has 0 heterocycles.